The average molecular weight is 380 g/mol. The fraction of sp³-hybridized carbons (Fsp3) is 0.143. The number of rotatable bonds is 5. The van der Waals surface area contributed by atoms with E-state index in [0.29, 0.717) is 5.69 Å². The predicted octanol–water partition coefficient (Wildman–Crippen LogP) is 0.0122. The maximum atomic E-state index is 12.2. The van der Waals surface area contributed by atoms with E-state index in [4.69, 9.17) is 11.5 Å². The van der Waals surface area contributed by atoms with E-state index in [1.807, 2.05) is 24.3 Å². The molecule has 0 saturated carbocycles. The fourth-order valence-corrected chi connectivity index (χ4v) is 2.23. The van der Waals surface area contributed by atoms with Crippen molar-refractivity contribution in [1.82, 2.24) is 15.1 Å². The summed E-state index contributed by atoms with van der Waals surface area (Å²) in [4.78, 5) is 34.5. The van der Waals surface area contributed by atoms with Gasteiger partial charge in [0.2, 0.25) is 11.8 Å². The third-order valence-electron chi connectivity index (χ3n) is 3.17. The Bertz CT molecular complexity index is 755. The van der Waals surface area contributed by atoms with Crippen LogP contribution in [0.4, 0.5) is 0 Å². The Morgan fingerprint density at radius 1 is 1.17 bits per heavy atom. The molecule has 23 heavy (non-hydrogen) atoms. The quantitative estimate of drug-likeness (QED) is 0.630. The highest BCUT2D eigenvalue weighted by Gasteiger charge is 2.26. The van der Waals surface area contributed by atoms with Gasteiger partial charge in [-0.15, -0.1) is 0 Å². The van der Waals surface area contributed by atoms with E-state index >= 15 is 0 Å². The Kier molecular flexibility index (Phi) is 4.80. The zero-order valence-corrected chi connectivity index (χ0v) is 13.7. The Balaban J connectivity index is 2.28. The lowest BCUT2D eigenvalue weighted by Gasteiger charge is -2.11. The van der Waals surface area contributed by atoms with Crippen LogP contribution in [0.5, 0.6) is 0 Å². The largest absolute Gasteiger partial charge is 0.367 e. The normalized spacial score (nSPS) is 10.6. The first kappa shape index (κ1) is 16.7. The molecule has 2 aromatic rings. The molecule has 9 heteroatoms. The van der Waals surface area contributed by atoms with Gasteiger partial charge in [-0.25, -0.2) is 4.68 Å². The number of nitrogens with one attached hydrogen (secondary N) is 1. The van der Waals surface area contributed by atoms with Crippen LogP contribution in [0.2, 0.25) is 0 Å². The summed E-state index contributed by atoms with van der Waals surface area (Å²) in [6, 6.07) is 5.75. The lowest BCUT2D eigenvalue weighted by Crippen LogP contribution is -2.52. The first-order valence-electron chi connectivity index (χ1n) is 6.51. The van der Waals surface area contributed by atoms with Crippen molar-refractivity contribution in [2.24, 2.45) is 11.5 Å². The maximum Gasteiger partial charge on any atom is 0.255 e. The summed E-state index contributed by atoms with van der Waals surface area (Å²) >= 11 is 3.34. The molecule has 0 spiro atoms. The second-order valence-corrected chi connectivity index (χ2v) is 5.66. The van der Waals surface area contributed by atoms with Gasteiger partial charge >= 0.3 is 0 Å². The molecule has 1 heterocycles. The number of nitrogens with zero attached hydrogens (tertiary/aromatic N) is 2. The number of carbonyl (C=O) groups is 3. The van der Waals surface area contributed by atoms with Gasteiger partial charge in [-0.2, -0.15) is 5.10 Å². The molecule has 1 aromatic heterocycles. The summed E-state index contributed by atoms with van der Waals surface area (Å²) in [6.45, 7) is 1.69. The van der Waals surface area contributed by atoms with E-state index in [-0.39, 0.29) is 5.56 Å². The molecule has 1 aromatic carbocycles. The van der Waals surface area contributed by atoms with Crippen LogP contribution in [0.15, 0.2) is 34.9 Å². The number of carbonyl (C=O) groups excluding carboxylic acids is 3. The van der Waals surface area contributed by atoms with Crippen molar-refractivity contribution in [1.29, 1.82) is 0 Å². The summed E-state index contributed by atoms with van der Waals surface area (Å²) in [7, 11) is 0. The Morgan fingerprint density at radius 2 is 1.74 bits per heavy atom. The highest BCUT2D eigenvalue weighted by atomic mass is 79.9. The van der Waals surface area contributed by atoms with Crippen LogP contribution in [0.3, 0.4) is 0 Å². The molecule has 8 nitrogen and oxygen atoms in total. The molecule has 0 radical (unpaired) electrons. The van der Waals surface area contributed by atoms with Crippen LogP contribution in [0, 0.1) is 6.92 Å². The molecule has 0 atom stereocenters. The molecular weight excluding hydrogens is 366 g/mol. The van der Waals surface area contributed by atoms with Gasteiger partial charge in [-0.3, -0.25) is 14.4 Å². The van der Waals surface area contributed by atoms with Gasteiger partial charge in [0.05, 0.1) is 23.1 Å². The first-order valence-corrected chi connectivity index (χ1v) is 7.30. The van der Waals surface area contributed by atoms with E-state index in [0.717, 1.165) is 10.2 Å². The summed E-state index contributed by atoms with van der Waals surface area (Å²) in [5.74, 6) is -2.71. The lowest BCUT2D eigenvalue weighted by molar-refractivity contribution is -0.128. The summed E-state index contributed by atoms with van der Waals surface area (Å²) < 4.78 is 2.47. The van der Waals surface area contributed by atoms with E-state index in [9.17, 15) is 14.4 Å². The van der Waals surface area contributed by atoms with Gasteiger partial charge in [0, 0.05) is 4.47 Å². The van der Waals surface area contributed by atoms with Crippen molar-refractivity contribution >= 4 is 33.7 Å². The zero-order chi connectivity index (χ0) is 17.1. The van der Waals surface area contributed by atoms with Crippen LogP contribution < -0.4 is 16.8 Å². The Labute approximate surface area is 140 Å². The van der Waals surface area contributed by atoms with E-state index < -0.39 is 23.8 Å². The van der Waals surface area contributed by atoms with Crippen molar-refractivity contribution in [3.63, 3.8) is 0 Å². The standard InChI is InChI=1S/C14H14BrN5O3/c1-7-10(14(23)19-11(12(16)21)13(17)22)6-18-20(7)9-4-2-8(15)3-5-9/h2-6,11H,1H3,(H2,16,21)(H2,17,22)(H,19,23). The number of amides is 3. The second kappa shape index (κ2) is 6.61. The smallest absolute Gasteiger partial charge is 0.255 e. The summed E-state index contributed by atoms with van der Waals surface area (Å²) in [5, 5.41) is 6.34. The number of halogens is 1. The summed E-state index contributed by atoms with van der Waals surface area (Å²) in [5.41, 5.74) is 11.6. The molecule has 120 valence electrons. The number of hydrogen-bond acceptors (Lipinski definition) is 4. The molecule has 0 aliphatic carbocycles. The highest BCUT2D eigenvalue weighted by molar-refractivity contribution is 9.10. The van der Waals surface area contributed by atoms with Crippen LogP contribution >= 0.6 is 15.9 Å². The van der Waals surface area contributed by atoms with Gasteiger partial charge in [-0.05, 0) is 31.2 Å². The molecule has 0 fully saturated rings. The molecule has 3 amide bonds. The molecule has 0 aliphatic rings. The molecule has 0 bridgehead atoms. The molecule has 2 rings (SSSR count). The third kappa shape index (κ3) is 3.57. The third-order valence-corrected chi connectivity index (χ3v) is 3.70. The minimum atomic E-state index is -1.57. The van der Waals surface area contributed by atoms with Crippen LogP contribution in [0.1, 0.15) is 16.1 Å². The van der Waals surface area contributed by atoms with Gasteiger partial charge in [-0.1, -0.05) is 15.9 Å². The van der Waals surface area contributed by atoms with Crippen molar-refractivity contribution in [3.05, 3.63) is 46.2 Å². The maximum absolute atomic E-state index is 12.2. The molecular formula is C14H14BrN5O3. The number of aromatic nitrogens is 2. The number of benzene rings is 1. The first-order chi connectivity index (χ1) is 10.8. The molecule has 0 unspecified atom stereocenters. The number of primary amides is 2. The van der Waals surface area contributed by atoms with Crippen LogP contribution in [0.25, 0.3) is 5.69 Å². The lowest BCUT2D eigenvalue weighted by atomic mass is 10.2. The highest BCUT2D eigenvalue weighted by Crippen LogP contribution is 2.17. The Hall–Kier alpha value is -2.68. The molecule has 0 aliphatic heterocycles. The average Bonchev–Trinajstić information content (AvgIpc) is 2.86. The summed E-state index contributed by atoms with van der Waals surface area (Å²) in [6.07, 6.45) is 1.34. The predicted molar refractivity (Wildman–Crippen MR) is 85.6 cm³/mol. The monoisotopic (exact) mass is 379 g/mol. The second-order valence-electron chi connectivity index (χ2n) is 4.74. The number of nitrogens with two attached hydrogens (primary N) is 2. The fourth-order valence-electron chi connectivity index (χ4n) is 1.97. The van der Waals surface area contributed by atoms with E-state index in [1.165, 1.54) is 6.20 Å². The van der Waals surface area contributed by atoms with Gasteiger partial charge in [0.25, 0.3) is 5.91 Å². The molecule has 0 saturated heterocycles. The van der Waals surface area contributed by atoms with Crippen molar-refractivity contribution in [2.75, 3.05) is 0 Å². The zero-order valence-electron chi connectivity index (χ0n) is 12.1. The van der Waals surface area contributed by atoms with E-state index in [2.05, 4.69) is 26.3 Å². The minimum absolute atomic E-state index is 0.209. The Morgan fingerprint density at radius 3 is 2.26 bits per heavy atom. The van der Waals surface area contributed by atoms with Crippen LogP contribution in [-0.2, 0) is 9.59 Å². The van der Waals surface area contributed by atoms with E-state index in [1.54, 1.807) is 11.6 Å². The van der Waals surface area contributed by atoms with Gasteiger partial charge < -0.3 is 16.8 Å². The van der Waals surface area contributed by atoms with Crippen molar-refractivity contribution in [3.8, 4) is 5.69 Å². The van der Waals surface area contributed by atoms with Crippen molar-refractivity contribution < 1.29 is 14.4 Å². The SMILES string of the molecule is Cc1c(C(=O)NC(C(N)=O)C(N)=O)cnn1-c1ccc(Br)cc1. The molecule has 5 N–H and O–H groups in total. The van der Waals surface area contributed by atoms with Gasteiger partial charge in [0.1, 0.15) is 0 Å². The van der Waals surface area contributed by atoms with Crippen LogP contribution in [-0.4, -0.2) is 33.5 Å². The van der Waals surface area contributed by atoms with Gasteiger partial charge in [0.15, 0.2) is 6.04 Å². The number of hydrogen-bond donors (Lipinski definition) is 3. The van der Waals surface area contributed by atoms with Crippen molar-refractivity contribution in [2.45, 2.75) is 13.0 Å². The minimum Gasteiger partial charge on any atom is -0.367 e. The topological polar surface area (TPSA) is 133 Å².